The van der Waals surface area contributed by atoms with Crippen LogP contribution in [0.3, 0.4) is 0 Å². The van der Waals surface area contributed by atoms with Gasteiger partial charge in [0.15, 0.2) is 0 Å². The van der Waals surface area contributed by atoms with Gasteiger partial charge in [-0.2, -0.15) is 0 Å². The Hall–Kier alpha value is -1.51. The van der Waals surface area contributed by atoms with Crippen LogP contribution in [0.25, 0.3) is 0 Å². The second kappa shape index (κ2) is 12.5. The van der Waals surface area contributed by atoms with Crippen LogP contribution in [0.2, 0.25) is 5.02 Å². The normalized spacial score (nSPS) is 8.80. The summed E-state index contributed by atoms with van der Waals surface area (Å²) in [5, 5.41) is 9.55. The van der Waals surface area contributed by atoms with E-state index in [2.05, 4.69) is 0 Å². The van der Waals surface area contributed by atoms with Crippen LogP contribution >= 0.6 is 11.6 Å². The van der Waals surface area contributed by atoms with Gasteiger partial charge in [-0.15, -0.1) is 0 Å². The van der Waals surface area contributed by atoms with E-state index < -0.39 is 0 Å². The average molecular weight is 295 g/mol. The zero-order valence-corrected chi connectivity index (χ0v) is 13.1. The van der Waals surface area contributed by atoms with Gasteiger partial charge in [-0.1, -0.05) is 47.5 Å². The molecule has 1 N–H and O–H groups in total. The van der Waals surface area contributed by atoms with E-state index >= 15 is 0 Å². The molecule has 3 heteroatoms. The van der Waals surface area contributed by atoms with E-state index in [0.29, 0.717) is 5.75 Å². The van der Waals surface area contributed by atoms with E-state index in [-0.39, 0.29) is 0 Å². The van der Waals surface area contributed by atoms with Crippen LogP contribution in [-0.4, -0.2) is 18.3 Å². The molecule has 0 saturated heterocycles. The summed E-state index contributed by atoms with van der Waals surface area (Å²) in [7, 11) is 0. The molecule has 0 aromatic heterocycles. The fourth-order valence-corrected chi connectivity index (χ4v) is 1.31. The molecular formula is C17H23ClO2. The number of ether oxygens (including phenoxy) is 1. The molecule has 0 aliphatic rings. The van der Waals surface area contributed by atoms with Crippen molar-refractivity contribution in [2.45, 2.75) is 20.8 Å². The highest BCUT2D eigenvalue weighted by molar-refractivity contribution is 6.30. The van der Waals surface area contributed by atoms with E-state index in [1.165, 1.54) is 5.56 Å². The predicted molar refractivity (Wildman–Crippen MR) is 86.5 cm³/mol. The number of benzene rings is 2. The minimum absolute atomic E-state index is 0.329. The van der Waals surface area contributed by atoms with Crippen LogP contribution in [0, 0.1) is 6.92 Å². The molecule has 110 valence electrons. The summed E-state index contributed by atoms with van der Waals surface area (Å²) in [4.78, 5) is 0. The van der Waals surface area contributed by atoms with Gasteiger partial charge in [-0.25, -0.2) is 0 Å². The maximum Gasteiger partial charge on any atom is 0.115 e. The van der Waals surface area contributed by atoms with Crippen molar-refractivity contribution < 1.29 is 9.84 Å². The first-order valence-corrected chi connectivity index (χ1v) is 7.01. The number of hydrogen-bond acceptors (Lipinski definition) is 2. The molecule has 0 unspecified atom stereocenters. The number of halogens is 1. The molecule has 0 bridgehead atoms. The van der Waals surface area contributed by atoms with Gasteiger partial charge in [-0.3, -0.25) is 0 Å². The Morgan fingerprint density at radius 3 is 1.65 bits per heavy atom. The number of aromatic hydroxyl groups is 1. The monoisotopic (exact) mass is 294 g/mol. The summed E-state index contributed by atoms with van der Waals surface area (Å²) >= 11 is 5.54. The van der Waals surface area contributed by atoms with Crippen molar-refractivity contribution in [2.75, 3.05) is 13.2 Å². The third-order valence-electron chi connectivity index (χ3n) is 2.18. The molecule has 20 heavy (non-hydrogen) atoms. The molecule has 2 aromatic carbocycles. The third kappa shape index (κ3) is 11.6. The Labute approximate surface area is 127 Å². The second-order valence-electron chi connectivity index (χ2n) is 3.91. The summed E-state index contributed by atoms with van der Waals surface area (Å²) < 4.78 is 4.83. The summed E-state index contributed by atoms with van der Waals surface area (Å²) in [5.41, 5.74) is 1.17. The van der Waals surface area contributed by atoms with E-state index in [9.17, 15) is 0 Å². The van der Waals surface area contributed by atoms with Crippen LogP contribution in [0.4, 0.5) is 0 Å². The Balaban J connectivity index is 0.000000280. The molecule has 2 nitrogen and oxygen atoms in total. The van der Waals surface area contributed by atoms with Gasteiger partial charge >= 0.3 is 0 Å². The minimum atomic E-state index is 0.329. The largest absolute Gasteiger partial charge is 0.508 e. The number of phenolic OH excluding ortho intramolecular Hbond substituents is 1. The number of hydrogen-bond donors (Lipinski definition) is 1. The summed E-state index contributed by atoms with van der Waals surface area (Å²) in [6, 6.07) is 16.5. The van der Waals surface area contributed by atoms with Gasteiger partial charge in [-0.05, 0) is 45.0 Å². The highest BCUT2D eigenvalue weighted by Crippen LogP contribution is 2.07. The van der Waals surface area contributed by atoms with Gasteiger partial charge in [0.2, 0.25) is 0 Å². The topological polar surface area (TPSA) is 29.5 Å². The van der Waals surface area contributed by atoms with Gasteiger partial charge < -0.3 is 9.84 Å². The first kappa shape index (κ1) is 18.5. The van der Waals surface area contributed by atoms with Crippen molar-refractivity contribution in [3.05, 3.63) is 65.2 Å². The first-order chi connectivity index (χ1) is 9.60. The fourth-order valence-electron chi connectivity index (χ4n) is 1.16. The van der Waals surface area contributed by atoms with Crippen LogP contribution in [0.1, 0.15) is 19.4 Å². The Morgan fingerprint density at radius 2 is 1.40 bits per heavy atom. The van der Waals surface area contributed by atoms with Crippen LogP contribution in [0.5, 0.6) is 5.75 Å². The third-order valence-corrected chi connectivity index (χ3v) is 2.43. The van der Waals surface area contributed by atoms with Crippen molar-refractivity contribution in [3.63, 3.8) is 0 Å². The van der Waals surface area contributed by atoms with Crippen LogP contribution < -0.4 is 0 Å². The zero-order valence-electron chi connectivity index (χ0n) is 12.3. The van der Waals surface area contributed by atoms with Gasteiger partial charge in [0.25, 0.3) is 0 Å². The van der Waals surface area contributed by atoms with Crippen molar-refractivity contribution in [1.82, 2.24) is 0 Å². The molecule has 0 saturated carbocycles. The lowest BCUT2D eigenvalue weighted by Crippen LogP contribution is -1.84. The molecule has 0 heterocycles. The summed E-state index contributed by atoms with van der Waals surface area (Å²) in [6.45, 7) is 7.65. The lowest BCUT2D eigenvalue weighted by molar-refractivity contribution is 0.162. The molecule has 0 aliphatic carbocycles. The maximum atomic E-state index is 8.76. The highest BCUT2D eigenvalue weighted by Gasteiger charge is 1.82. The Bertz CT molecular complexity index is 404. The highest BCUT2D eigenvalue weighted by atomic mass is 35.5. The van der Waals surface area contributed by atoms with Crippen LogP contribution in [0.15, 0.2) is 54.6 Å². The fraction of sp³-hybridized carbons (Fsp3) is 0.294. The second-order valence-corrected chi connectivity index (χ2v) is 4.35. The van der Waals surface area contributed by atoms with Crippen molar-refractivity contribution in [2.24, 2.45) is 0 Å². The average Bonchev–Trinajstić information content (AvgIpc) is 2.45. The van der Waals surface area contributed by atoms with E-state index in [1.807, 2.05) is 63.2 Å². The van der Waals surface area contributed by atoms with Gasteiger partial charge in [0.1, 0.15) is 5.75 Å². The quantitative estimate of drug-likeness (QED) is 0.836. The molecule has 2 rings (SSSR count). The number of rotatable bonds is 2. The lowest BCUT2D eigenvalue weighted by atomic mass is 10.2. The predicted octanol–water partition coefficient (Wildman–Crippen LogP) is 5.08. The van der Waals surface area contributed by atoms with E-state index in [1.54, 1.807) is 12.1 Å². The SMILES string of the molecule is CCOCC.Cc1ccc(O)cc1.Clc1ccccc1. The van der Waals surface area contributed by atoms with E-state index in [4.69, 9.17) is 21.4 Å². The minimum Gasteiger partial charge on any atom is -0.508 e. The smallest absolute Gasteiger partial charge is 0.115 e. The number of aryl methyl sites for hydroxylation is 1. The molecule has 0 spiro atoms. The Kier molecular flexibility index (Phi) is 11.6. The maximum absolute atomic E-state index is 8.76. The van der Waals surface area contributed by atoms with Gasteiger partial charge in [0, 0.05) is 18.2 Å². The Morgan fingerprint density at radius 1 is 0.900 bits per heavy atom. The van der Waals surface area contributed by atoms with Gasteiger partial charge in [0.05, 0.1) is 0 Å². The summed E-state index contributed by atoms with van der Waals surface area (Å²) in [6.07, 6.45) is 0. The molecule has 0 fully saturated rings. The summed E-state index contributed by atoms with van der Waals surface area (Å²) in [5.74, 6) is 0.329. The van der Waals surface area contributed by atoms with E-state index in [0.717, 1.165) is 18.2 Å². The molecule has 0 radical (unpaired) electrons. The molecule has 0 atom stereocenters. The van der Waals surface area contributed by atoms with Crippen LogP contribution in [-0.2, 0) is 4.74 Å². The molecule has 2 aromatic rings. The van der Waals surface area contributed by atoms with Crippen molar-refractivity contribution in [1.29, 1.82) is 0 Å². The molecular weight excluding hydrogens is 272 g/mol. The zero-order chi connectivity index (χ0) is 15.2. The van der Waals surface area contributed by atoms with Crippen molar-refractivity contribution in [3.8, 4) is 5.75 Å². The molecule has 0 amide bonds. The lowest BCUT2D eigenvalue weighted by Gasteiger charge is -1.89. The van der Waals surface area contributed by atoms with Crippen molar-refractivity contribution >= 4 is 11.6 Å². The number of phenols is 1. The standard InChI is InChI=1S/C7H8O.C6H5Cl.C4H10O/c1-6-2-4-7(8)5-3-6;7-6-4-2-1-3-5-6;1-3-5-4-2/h2-5,8H,1H3;1-5H;3-4H2,1-2H3. The first-order valence-electron chi connectivity index (χ1n) is 6.64. The molecule has 0 aliphatic heterocycles.